The van der Waals surface area contributed by atoms with Crippen LogP contribution in [-0.2, 0) is 14.8 Å². The van der Waals surface area contributed by atoms with Crippen molar-refractivity contribution in [3.63, 3.8) is 0 Å². The van der Waals surface area contributed by atoms with E-state index in [0.29, 0.717) is 13.0 Å². The Balaban J connectivity index is 1.77. The van der Waals surface area contributed by atoms with E-state index in [2.05, 4.69) is 4.72 Å². The number of benzene rings is 2. The number of sulfonamides is 1. The van der Waals surface area contributed by atoms with Crippen LogP contribution in [0.15, 0.2) is 65.6 Å². The molecule has 0 saturated carbocycles. The van der Waals surface area contributed by atoms with Gasteiger partial charge in [-0.1, -0.05) is 36.4 Å². The van der Waals surface area contributed by atoms with Crippen LogP contribution in [0.25, 0.3) is 0 Å². The highest BCUT2D eigenvalue weighted by Gasteiger charge is 2.35. The highest BCUT2D eigenvalue weighted by Crippen LogP contribution is 2.22. The highest BCUT2D eigenvalue weighted by atomic mass is 32.2. The van der Waals surface area contributed by atoms with E-state index in [0.717, 1.165) is 5.69 Å². The van der Waals surface area contributed by atoms with E-state index in [4.69, 9.17) is 0 Å². The highest BCUT2D eigenvalue weighted by molar-refractivity contribution is 7.89. The molecule has 1 aliphatic rings. The summed E-state index contributed by atoms with van der Waals surface area (Å²) in [4.78, 5) is 14.2. The lowest BCUT2D eigenvalue weighted by molar-refractivity contribution is -0.118. The van der Waals surface area contributed by atoms with Crippen molar-refractivity contribution in [2.24, 2.45) is 0 Å². The molecule has 1 N–H and O–H groups in total. The number of para-hydroxylation sites is 1. The minimum absolute atomic E-state index is 0.168. The maximum absolute atomic E-state index is 12.4. The topological polar surface area (TPSA) is 66.5 Å². The zero-order valence-corrected chi connectivity index (χ0v) is 12.7. The van der Waals surface area contributed by atoms with Gasteiger partial charge >= 0.3 is 0 Å². The second-order valence-electron chi connectivity index (χ2n) is 5.10. The third-order valence-electron chi connectivity index (χ3n) is 3.62. The molecule has 0 unspecified atom stereocenters. The van der Waals surface area contributed by atoms with Gasteiger partial charge in [0.2, 0.25) is 15.9 Å². The SMILES string of the molecule is O=C1[C@@H](NS(=O)(=O)c2ccccc2)CCN1c1ccccc1. The molecule has 2 aromatic carbocycles. The number of carbonyl (C=O) groups excluding carboxylic acids is 1. The number of hydrogen-bond donors (Lipinski definition) is 1. The average molecular weight is 316 g/mol. The van der Waals surface area contributed by atoms with Gasteiger partial charge in [0, 0.05) is 12.2 Å². The van der Waals surface area contributed by atoms with Crippen LogP contribution >= 0.6 is 0 Å². The molecule has 0 bridgehead atoms. The van der Waals surface area contributed by atoms with E-state index in [1.807, 2.05) is 30.3 Å². The molecule has 2 aromatic rings. The van der Waals surface area contributed by atoms with Crippen LogP contribution in [0.3, 0.4) is 0 Å². The molecule has 1 atom stereocenters. The van der Waals surface area contributed by atoms with Gasteiger partial charge in [-0.05, 0) is 30.7 Å². The van der Waals surface area contributed by atoms with Gasteiger partial charge < -0.3 is 4.90 Å². The summed E-state index contributed by atoms with van der Waals surface area (Å²) in [7, 11) is -3.68. The molecule has 5 nitrogen and oxygen atoms in total. The lowest BCUT2D eigenvalue weighted by Crippen LogP contribution is -2.41. The molecule has 0 radical (unpaired) electrons. The quantitative estimate of drug-likeness (QED) is 0.935. The second-order valence-corrected chi connectivity index (χ2v) is 6.82. The standard InChI is InChI=1S/C16H16N2O3S/c19-16-15(11-12-18(16)13-7-3-1-4-8-13)17-22(20,21)14-9-5-2-6-10-14/h1-10,15,17H,11-12H2/t15-/m0/s1. The van der Waals surface area contributed by atoms with Gasteiger partial charge in [-0.3, -0.25) is 4.79 Å². The van der Waals surface area contributed by atoms with E-state index in [9.17, 15) is 13.2 Å². The zero-order chi connectivity index (χ0) is 15.6. The van der Waals surface area contributed by atoms with Crippen molar-refractivity contribution in [2.75, 3.05) is 11.4 Å². The minimum atomic E-state index is -3.68. The Labute approximate surface area is 129 Å². The molecular formula is C16H16N2O3S. The summed E-state index contributed by atoms with van der Waals surface area (Å²) < 4.78 is 27.1. The molecular weight excluding hydrogens is 300 g/mol. The summed E-state index contributed by atoms with van der Waals surface area (Å²) in [5, 5.41) is 0. The summed E-state index contributed by atoms with van der Waals surface area (Å²) in [5.74, 6) is -0.217. The second kappa shape index (κ2) is 5.90. The largest absolute Gasteiger partial charge is 0.311 e. The van der Waals surface area contributed by atoms with Gasteiger partial charge in [-0.2, -0.15) is 4.72 Å². The summed E-state index contributed by atoms with van der Waals surface area (Å²) in [5.41, 5.74) is 0.786. The third kappa shape index (κ3) is 2.88. The Hall–Kier alpha value is -2.18. The van der Waals surface area contributed by atoms with Gasteiger partial charge in [-0.15, -0.1) is 0 Å². The van der Waals surface area contributed by atoms with Gasteiger partial charge in [0.1, 0.15) is 6.04 Å². The molecule has 1 aliphatic heterocycles. The van der Waals surface area contributed by atoms with Gasteiger partial charge in [-0.25, -0.2) is 8.42 Å². The maximum Gasteiger partial charge on any atom is 0.245 e. The smallest absolute Gasteiger partial charge is 0.245 e. The molecule has 6 heteroatoms. The van der Waals surface area contributed by atoms with Crippen molar-refractivity contribution in [2.45, 2.75) is 17.4 Å². The van der Waals surface area contributed by atoms with Gasteiger partial charge in [0.25, 0.3) is 0 Å². The lowest BCUT2D eigenvalue weighted by Gasteiger charge is -2.17. The molecule has 1 amide bonds. The number of carbonyl (C=O) groups is 1. The molecule has 0 aliphatic carbocycles. The minimum Gasteiger partial charge on any atom is -0.311 e. The number of amides is 1. The maximum atomic E-state index is 12.4. The summed E-state index contributed by atoms with van der Waals surface area (Å²) in [6, 6.07) is 16.6. The van der Waals surface area contributed by atoms with Crippen molar-refractivity contribution >= 4 is 21.6 Å². The summed E-state index contributed by atoms with van der Waals surface area (Å²) >= 11 is 0. The zero-order valence-electron chi connectivity index (χ0n) is 11.8. The van der Waals surface area contributed by atoms with E-state index in [1.54, 1.807) is 23.1 Å². The van der Waals surface area contributed by atoms with Crippen LogP contribution in [-0.4, -0.2) is 26.9 Å². The fraction of sp³-hybridized carbons (Fsp3) is 0.188. The molecule has 0 aromatic heterocycles. The molecule has 3 rings (SSSR count). The first-order chi connectivity index (χ1) is 10.6. The summed E-state index contributed by atoms with van der Waals surface area (Å²) in [6.07, 6.45) is 0.458. The predicted molar refractivity (Wildman–Crippen MR) is 84.0 cm³/mol. The Morgan fingerprint density at radius 3 is 2.18 bits per heavy atom. The van der Waals surface area contributed by atoms with Crippen molar-refractivity contribution in [3.05, 3.63) is 60.7 Å². The van der Waals surface area contributed by atoms with E-state index >= 15 is 0 Å². The Kier molecular flexibility index (Phi) is 3.96. The number of rotatable bonds is 4. The number of hydrogen-bond acceptors (Lipinski definition) is 3. The fourth-order valence-corrected chi connectivity index (χ4v) is 3.75. The van der Waals surface area contributed by atoms with Crippen LogP contribution in [0.2, 0.25) is 0 Å². The molecule has 114 valence electrons. The molecule has 0 spiro atoms. The summed E-state index contributed by atoms with van der Waals surface area (Å²) in [6.45, 7) is 0.505. The average Bonchev–Trinajstić information content (AvgIpc) is 2.89. The Morgan fingerprint density at radius 2 is 1.55 bits per heavy atom. The molecule has 1 heterocycles. The van der Waals surface area contributed by atoms with Crippen molar-refractivity contribution in [1.29, 1.82) is 0 Å². The Bertz CT molecular complexity index is 760. The molecule has 22 heavy (non-hydrogen) atoms. The molecule has 1 fully saturated rings. The number of nitrogens with one attached hydrogen (secondary N) is 1. The number of nitrogens with zero attached hydrogens (tertiary/aromatic N) is 1. The van der Waals surface area contributed by atoms with Crippen molar-refractivity contribution < 1.29 is 13.2 Å². The van der Waals surface area contributed by atoms with E-state index in [1.165, 1.54) is 12.1 Å². The van der Waals surface area contributed by atoms with E-state index in [-0.39, 0.29) is 10.8 Å². The van der Waals surface area contributed by atoms with Crippen LogP contribution in [0.1, 0.15) is 6.42 Å². The first kappa shape index (κ1) is 14.7. The fourth-order valence-electron chi connectivity index (χ4n) is 2.51. The first-order valence-corrected chi connectivity index (χ1v) is 8.50. The first-order valence-electron chi connectivity index (χ1n) is 7.02. The predicted octanol–water partition coefficient (Wildman–Crippen LogP) is 1.77. The van der Waals surface area contributed by atoms with Gasteiger partial charge in [0.05, 0.1) is 4.90 Å². The van der Waals surface area contributed by atoms with Crippen LogP contribution in [0.4, 0.5) is 5.69 Å². The normalized spacial score (nSPS) is 18.6. The van der Waals surface area contributed by atoms with Gasteiger partial charge in [0.15, 0.2) is 0 Å². The van der Waals surface area contributed by atoms with Crippen LogP contribution in [0.5, 0.6) is 0 Å². The van der Waals surface area contributed by atoms with Crippen molar-refractivity contribution in [1.82, 2.24) is 4.72 Å². The van der Waals surface area contributed by atoms with E-state index < -0.39 is 16.1 Å². The van der Waals surface area contributed by atoms with Crippen LogP contribution < -0.4 is 9.62 Å². The lowest BCUT2D eigenvalue weighted by atomic mass is 10.3. The van der Waals surface area contributed by atoms with Crippen LogP contribution in [0, 0.1) is 0 Å². The molecule has 1 saturated heterocycles. The third-order valence-corrected chi connectivity index (χ3v) is 5.11. The monoisotopic (exact) mass is 316 g/mol. The number of anilines is 1. The Morgan fingerprint density at radius 1 is 0.955 bits per heavy atom. The van der Waals surface area contributed by atoms with Crippen molar-refractivity contribution in [3.8, 4) is 0 Å².